The second kappa shape index (κ2) is 7.56. The Bertz CT molecular complexity index is 627. The first-order valence-corrected chi connectivity index (χ1v) is 7.92. The number of hydrogen-bond acceptors (Lipinski definition) is 4. The molecular formula is C15H19ClN4OS. The summed E-state index contributed by atoms with van der Waals surface area (Å²) < 4.78 is 5.72. The van der Waals surface area contributed by atoms with Gasteiger partial charge in [0.05, 0.1) is 6.54 Å². The number of aromatic nitrogens is 2. The molecule has 5 nitrogen and oxygen atoms in total. The van der Waals surface area contributed by atoms with E-state index in [0.717, 1.165) is 12.1 Å². The molecule has 1 aromatic carbocycles. The third-order valence-corrected chi connectivity index (χ3v) is 3.71. The third-order valence-electron chi connectivity index (χ3n) is 3.08. The highest BCUT2D eigenvalue weighted by atomic mass is 35.5. The maximum Gasteiger partial charge on any atom is 0.247 e. The molecule has 0 saturated heterocycles. The summed E-state index contributed by atoms with van der Waals surface area (Å²) in [5.74, 6) is 1.00. The van der Waals surface area contributed by atoms with E-state index in [2.05, 4.69) is 29.4 Å². The van der Waals surface area contributed by atoms with Gasteiger partial charge in [-0.15, -0.1) is 10.2 Å². The first kappa shape index (κ1) is 16.7. The predicted molar refractivity (Wildman–Crippen MR) is 91.7 cm³/mol. The van der Waals surface area contributed by atoms with Gasteiger partial charge in [0, 0.05) is 23.2 Å². The monoisotopic (exact) mass is 338 g/mol. The van der Waals surface area contributed by atoms with E-state index in [-0.39, 0.29) is 6.04 Å². The van der Waals surface area contributed by atoms with Gasteiger partial charge in [0.2, 0.25) is 11.8 Å². The summed E-state index contributed by atoms with van der Waals surface area (Å²) in [5, 5.41) is 12.7. The summed E-state index contributed by atoms with van der Waals surface area (Å²) in [5.41, 5.74) is 0.841. The molecule has 0 amide bonds. The van der Waals surface area contributed by atoms with Crippen LogP contribution in [0, 0.1) is 0 Å². The fourth-order valence-corrected chi connectivity index (χ4v) is 2.46. The number of thiocarbonyl (C=S) groups is 1. The lowest BCUT2D eigenvalue weighted by molar-refractivity contribution is 0.302. The van der Waals surface area contributed by atoms with Gasteiger partial charge >= 0.3 is 0 Å². The quantitative estimate of drug-likeness (QED) is 0.842. The van der Waals surface area contributed by atoms with Gasteiger partial charge in [0.1, 0.15) is 0 Å². The zero-order valence-electron chi connectivity index (χ0n) is 12.8. The van der Waals surface area contributed by atoms with E-state index in [1.54, 1.807) is 12.1 Å². The van der Waals surface area contributed by atoms with Crippen LogP contribution >= 0.6 is 23.8 Å². The van der Waals surface area contributed by atoms with Gasteiger partial charge in [0.25, 0.3) is 0 Å². The lowest BCUT2D eigenvalue weighted by Crippen LogP contribution is -2.43. The molecule has 0 aliphatic heterocycles. The summed E-state index contributed by atoms with van der Waals surface area (Å²) >= 11 is 11.3. The van der Waals surface area contributed by atoms with Crippen LogP contribution in [-0.2, 0) is 6.54 Å². The topological polar surface area (TPSA) is 54.2 Å². The lowest BCUT2D eigenvalue weighted by Gasteiger charge is -2.27. The van der Waals surface area contributed by atoms with Gasteiger partial charge in [-0.25, -0.2) is 0 Å². The molecule has 0 aliphatic carbocycles. The zero-order chi connectivity index (χ0) is 16.1. The molecular weight excluding hydrogens is 320 g/mol. The van der Waals surface area contributed by atoms with Crippen LogP contribution in [0.1, 0.15) is 26.7 Å². The van der Waals surface area contributed by atoms with Gasteiger partial charge in [-0.05, 0) is 57.3 Å². The molecule has 1 aromatic heterocycles. The Morgan fingerprint density at radius 2 is 2.00 bits per heavy atom. The third kappa shape index (κ3) is 4.18. The van der Waals surface area contributed by atoms with Crippen molar-refractivity contribution in [1.82, 2.24) is 20.4 Å². The molecule has 0 atom stereocenters. The highest BCUT2D eigenvalue weighted by molar-refractivity contribution is 7.80. The summed E-state index contributed by atoms with van der Waals surface area (Å²) in [6, 6.07) is 7.52. The van der Waals surface area contributed by atoms with Crippen LogP contribution in [0.25, 0.3) is 11.5 Å². The molecule has 0 bridgehead atoms. The number of halogens is 1. The first-order valence-electron chi connectivity index (χ1n) is 7.14. The minimum atomic E-state index is 0.234. The van der Waals surface area contributed by atoms with Crippen molar-refractivity contribution >= 4 is 28.9 Å². The zero-order valence-corrected chi connectivity index (χ0v) is 14.4. The molecule has 1 heterocycles. The van der Waals surface area contributed by atoms with E-state index in [1.807, 2.05) is 24.0 Å². The van der Waals surface area contributed by atoms with Crippen molar-refractivity contribution in [3.05, 3.63) is 35.2 Å². The van der Waals surface area contributed by atoms with Crippen molar-refractivity contribution in [2.45, 2.75) is 33.4 Å². The highest BCUT2D eigenvalue weighted by Gasteiger charge is 2.17. The standard InChI is InChI=1S/C15H19ClN4OS/c1-4-17-15(22)20(10(2)3)9-13-18-19-14(21-13)11-5-7-12(16)8-6-11/h5-8,10H,4,9H2,1-3H3,(H,17,22). The molecule has 0 aliphatic rings. The number of benzene rings is 1. The maximum atomic E-state index is 5.88. The number of hydrogen-bond donors (Lipinski definition) is 1. The van der Waals surface area contributed by atoms with Crippen molar-refractivity contribution in [2.75, 3.05) is 6.54 Å². The minimum absolute atomic E-state index is 0.234. The van der Waals surface area contributed by atoms with Crippen molar-refractivity contribution in [3.63, 3.8) is 0 Å². The van der Waals surface area contributed by atoms with Gasteiger partial charge in [0.15, 0.2) is 5.11 Å². The van der Waals surface area contributed by atoms with Crippen LogP contribution in [0.4, 0.5) is 0 Å². The van der Waals surface area contributed by atoms with Crippen molar-refractivity contribution in [3.8, 4) is 11.5 Å². The molecule has 0 saturated carbocycles. The molecule has 0 unspecified atom stereocenters. The van der Waals surface area contributed by atoms with Crippen LogP contribution < -0.4 is 5.32 Å². The molecule has 22 heavy (non-hydrogen) atoms. The van der Waals surface area contributed by atoms with Crippen molar-refractivity contribution in [2.24, 2.45) is 0 Å². The normalized spacial score (nSPS) is 10.8. The van der Waals surface area contributed by atoms with E-state index in [0.29, 0.717) is 28.5 Å². The van der Waals surface area contributed by atoms with Gasteiger partial charge in [-0.1, -0.05) is 11.6 Å². The van der Waals surface area contributed by atoms with Gasteiger partial charge < -0.3 is 14.6 Å². The Morgan fingerprint density at radius 1 is 1.32 bits per heavy atom. The SMILES string of the molecule is CCNC(=S)N(Cc1nnc(-c2ccc(Cl)cc2)o1)C(C)C. The second-order valence-corrected chi connectivity index (χ2v) is 5.89. The van der Waals surface area contributed by atoms with Crippen LogP contribution in [0.3, 0.4) is 0 Å². The maximum absolute atomic E-state index is 5.88. The second-order valence-electron chi connectivity index (χ2n) is 5.06. The Hall–Kier alpha value is -1.66. The average Bonchev–Trinajstić information content (AvgIpc) is 2.94. The van der Waals surface area contributed by atoms with E-state index in [1.165, 1.54) is 0 Å². The predicted octanol–water partition coefficient (Wildman–Crippen LogP) is 3.49. The fourth-order valence-electron chi connectivity index (χ4n) is 1.91. The molecule has 0 radical (unpaired) electrons. The lowest BCUT2D eigenvalue weighted by atomic mass is 10.2. The molecule has 1 N–H and O–H groups in total. The molecule has 118 valence electrons. The van der Waals surface area contributed by atoms with E-state index >= 15 is 0 Å². The van der Waals surface area contributed by atoms with Crippen molar-refractivity contribution in [1.29, 1.82) is 0 Å². The summed E-state index contributed by atoms with van der Waals surface area (Å²) in [7, 11) is 0. The molecule has 7 heteroatoms. The van der Waals surface area contributed by atoms with E-state index < -0.39 is 0 Å². The van der Waals surface area contributed by atoms with Gasteiger partial charge in [-0.2, -0.15) is 0 Å². The fraction of sp³-hybridized carbons (Fsp3) is 0.400. The number of nitrogens with zero attached hydrogens (tertiary/aromatic N) is 3. The Balaban J connectivity index is 2.13. The molecule has 0 spiro atoms. The Kier molecular flexibility index (Phi) is 5.74. The van der Waals surface area contributed by atoms with Crippen LogP contribution in [0.15, 0.2) is 28.7 Å². The van der Waals surface area contributed by atoms with Crippen LogP contribution in [0.5, 0.6) is 0 Å². The van der Waals surface area contributed by atoms with Crippen LogP contribution in [0.2, 0.25) is 5.02 Å². The largest absolute Gasteiger partial charge is 0.419 e. The Labute approximate surface area is 140 Å². The summed E-state index contributed by atoms with van der Waals surface area (Å²) in [6.45, 7) is 7.41. The summed E-state index contributed by atoms with van der Waals surface area (Å²) in [4.78, 5) is 2.01. The van der Waals surface area contributed by atoms with E-state index in [9.17, 15) is 0 Å². The Morgan fingerprint density at radius 3 is 2.59 bits per heavy atom. The van der Waals surface area contributed by atoms with Gasteiger partial charge in [-0.3, -0.25) is 0 Å². The number of nitrogens with one attached hydrogen (secondary N) is 1. The minimum Gasteiger partial charge on any atom is -0.419 e. The van der Waals surface area contributed by atoms with Crippen LogP contribution in [-0.4, -0.2) is 32.8 Å². The first-order chi connectivity index (χ1) is 10.5. The number of rotatable bonds is 5. The molecule has 0 fully saturated rings. The summed E-state index contributed by atoms with van der Waals surface area (Å²) in [6.07, 6.45) is 0. The molecule has 2 aromatic rings. The van der Waals surface area contributed by atoms with Crippen molar-refractivity contribution < 1.29 is 4.42 Å². The highest BCUT2D eigenvalue weighted by Crippen LogP contribution is 2.21. The average molecular weight is 339 g/mol. The van der Waals surface area contributed by atoms with E-state index in [4.69, 9.17) is 28.2 Å². The molecule has 2 rings (SSSR count). The smallest absolute Gasteiger partial charge is 0.247 e.